The Balaban J connectivity index is 2.05. The molecule has 1 N–H and O–H groups in total. The molecule has 0 unspecified atom stereocenters. The molecule has 0 spiro atoms. The standard InChI is InChI=1S/C14H16BrNO2S/c1-3-18-13-8-10(4-6-12(13)17-2)16-9-11-5-7-14(15)19-11/h4-8,16H,3,9H2,1-2H3. The Morgan fingerprint density at radius 2 is 2.05 bits per heavy atom. The molecule has 1 aromatic heterocycles. The first-order valence-corrected chi connectivity index (χ1v) is 7.62. The fraction of sp³-hybridized carbons (Fsp3) is 0.286. The van der Waals surface area contributed by atoms with Gasteiger partial charge < -0.3 is 14.8 Å². The first kappa shape index (κ1) is 14.2. The van der Waals surface area contributed by atoms with Crippen LogP contribution in [0.1, 0.15) is 11.8 Å². The molecule has 2 aromatic rings. The summed E-state index contributed by atoms with van der Waals surface area (Å²) in [5, 5.41) is 3.38. The van der Waals surface area contributed by atoms with Crippen LogP contribution in [0.4, 0.5) is 5.69 Å². The number of nitrogens with one attached hydrogen (secondary N) is 1. The van der Waals surface area contributed by atoms with Crippen LogP contribution in [-0.2, 0) is 6.54 Å². The third-order valence-electron chi connectivity index (χ3n) is 2.56. The van der Waals surface area contributed by atoms with Gasteiger partial charge in [0.2, 0.25) is 0 Å². The zero-order valence-corrected chi connectivity index (χ0v) is 13.3. The predicted molar refractivity (Wildman–Crippen MR) is 83.5 cm³/mol. The molecular formula is C14H16BrNO2S. The first-order chi connectivity index (χ1) is 9.22. The molecule has 2 rings (SSSR count). The molecule has 0 aliphatic rings. The zero-order chi connectivity index (χ0) is 13.7. The molecule has 5 heteroatoms. The average molecular weight is 342 g/mol. The minimum Gasteiger partial charge on any atom is -0.493 e. The van der Waals surface area contributed by atoms with E-state index < -0.39 is 0 Å². The summed E-state index contributed by atoms with van der Waals surface area (Å²) in [6, 6.07) is 10.0. The Morgan fingerprint density at radius 3 is 2.68 bits per heavy atom. The molecule has 0 aliphatic carbocycles. The highest BCUT2D eigenvalue weighted by atomic mass is 79.9. The summed E-state index contributed by atoms with van der Waals surface area (Å²) in [5.41, 5.74) is 1.02. The highest BCUT2D eigenvalue weighted by Gasteiger charge is 2.05. The molecule has 0 atom stereocenters. The SMILES string of the molecule is CCOc1cc(NCc2ccc(Br)s2)ccc1OC. The Morgan fingerprint density at radius 1 is 1.21 bits per heavy atom. The van der Waals surface area contributed by atoms with Gasteiger partial charge in [0.25, 0.3) is 0 Å². The quantitative estimate of drug-likeness (QED) is 0.837. The fourth-order valence-corrected chi connectivity index (χ4v) is 3.11. The van der Waals surface area contributed by atoms with Crippen molar-refractivity contribution in [1.29, 1.82) is 0 Å². The molecule has 0 aliphatic heterocycles. The molecule has 0 amide bonds. The summed E-state index contributed by atoms with van der Waals surface area (Å²) in [6.07, 6.45) is 0. The van der Waals surface area contributed by atoms with Crippen molar-refractivity contribution >= 4 is 33.0 Å². The molecule has 0 saturated heterocycles. The van der Waals surface area contributed by atoms with Gasteiger partial charge in [0.15, 0.2) is 11.5 Å². The van der Waals surface area contributed by atoms with E-state index in [0.29, 0.717) is 6.61 Å². The van der Waals surface area contributed by atoms with E-state index in [1.54, 1.807) is 18.4 Å². The minimum atomic E-state index is 0.623. The van der Waals surface area contributed by atoms with Gasteiger partial charge in [-0.05, 0) is 47.1 Å². The molecule has 1 aromatic carbocycles. The molecule has 3 nitrogen and oxygen atoms in total. The Bertz CT molecular complexity index is 542. The zero-order valence-electron chi connectivity index (χ0n) is 10.9. The molecule has 102 valence electrons. The van der Waals surface area contributed by atoms with Gasteiger partial charge in [-0.25, -0.2) is 0 Å². The lowest BCUT2D eigenvalue weighted by Crippen LogP contribution is -2.00. The van der Waals surface area contributed by atoms with Crippen molar-refractivity contribution in [2.24, 2.45) is 0 Å². The molecule has 0 fully saturated rings. The minimum absolute atomic E-state index is 0.623. The topological polar surface area (TPSA) is 30.5 Å². The van der Waals surface area contributed by atoms with Crippen LogP contribution in [0.15, 0.2) is 34.1 Å². The maximum Gasteiger partial charge on any atom is 0.163 e. The van der Waals surface area contributed by atoms with Crippen molar-refractivity contribution in [3.63, 3.8) is 0 Å². The second-order valence-corrected chi connectivity index (χ2v) is 6.41. The lowest BCUT2D eigenvalue weighted by molar-refractivity contribution is 0.311. The summed E-state index contributed by atoms with van der Waals surface area (Å²) in [6.45, 7) is 3.38. The lowest BCUT2D eigenvalue weighted by Gasteiger charge is -2.12. The van der Waals surface area contributed by atoms with Gasteiger partial charge in [0.1, 0.15) is 0 Å². The summed E-state index contributed by atoms with van der Waals surface area (Å²) < 4.78 is 12.0. The number of rotatable bonds is 6. The number of thiophene rings is 1. The van der Waals surface area contributed by atoms with Crippen molar-refractivity contribution in [1.82, 2.24) is 0 Å². The van der Waals surface area contributed by atoms with Crippen LogP contribution in [-0.4, -0.2) is 13.7 Å². The average Bonchev–Trinajstić information content (AvgIpc) is 2.83. The lowest BCUT2D eigenvalue weighted by atomic mass is 10.2. The predicted octanol–water partition coefficient (Wildman–Crippen LogP) is 4.53. The molecule has 0 saturated carbocycles. The van der Waals surface area contributed by atoms with E-state index in [1.165, 1.54) is 4.88 Å². The summed E-state index contributed by atoms with van der Waals surface area (Å²) >= 11 is 5.19. The van der Waals surface area contributed by atoms with E-state index in [2.05, 4.69) is 33.4 Å². The number of methoxy groups -OCH3 is 1. The number of ether oxygens (including phenoxy) is 2. The highest BCUT2D eigenvalue weighted by Crippen LogP contribution is 2.30. The Labute approximate surface area is 125 Å². The van der Waals surface area contributed by atoms with Gasteiger partial charge in [-0.1, -0.05) is 0 Å². The van der Waals surface area contributed by atoms with Crippen molar-refractivity contribution < 1.29 is 9.47 Å². The third kappa shape index (κ3) is 3.88. The third-order valence-corrected chi connectivity index (χ3v) is 4.18. The maximum atomic E-state index is 5.55. The van der Waals surface area contributed by atoms with E-state index in [4.69, 9.17) is 9.47 Å². The highest BCUT2D eigenvalue weighted by molar-refractivity contribution is 9.11. The van der Waals surface area contributed by atoms with Gasteiger partial charge in [0.05, 0.1) is 17.5 Å². The van der Waals surface area contributed by atoms with Gasteiger partial charge in [0, 0.05) is 23.2 Å². The van der Waals surface area contributed by atoms with Gasteiger partial charge in [-0.3, -0.25) is 0 Å². The first-order valence-electron chi connectivity index (χ1n) is 6.02. The Kier molecular flexibility index (Phi) is 5.10. The van der Waals surface area contributed by atoms with Crippen LogP contribution in [0.25, 0.3) is 0 Å². The van der Waals surface area contributed by atoms with Crippen LogP contribution in [0.5, 0.6) is 11.5 Å². The molecular weight excluding hydrogens is 326 g/mol. The molecule has 0 bridgehead atoms. The normalized spacial score (nSPS) is 10.3. The second kappa shape index (κ2) is 6.82. The number of halogens is 1. The number of hydrogen-bond donors (Lipinski definition) is 1. The smallest absolute Gasteiger partial charge is 0.163 e. The maximum absolute atomic E-state index is 5.55. The van der Waals surface area contributed by atoms with E-state index in [9.17, 15) is 0 Å². The number of hydrogen-bond acceptors (Lipinski definition) is 4. The van der Waals surface area contributed by atoms with E-state index in [0.717, 1.165) is 27.5 Å². The van der Waals surface area contributed by atoms with Crippen molar-refractivity contribution in [3.05, 3.63) is 39.0 Å². The van der Waals surface area contributed by atoms with Crippen LogP contribution >= 0.6 is 27.3 Å². The van der Waals surface area contributed by atoms with Crippen LogP contribution in [0.2, 0.25) is 0 Å². The van der Waals surface area contributed by atoms with Crippen molar-refractivity contribution in [2.45, 2.75) is 13.5 Å². The fourth-order valence-electron chi connectivity index (χ4n) is 1.69. The molecule has 0 radical (unpaired) electrons. The molecule has 19 heavy (non-hydrogen) atoms. The summed E-state index contributed by atoms with van der Waals surface area (Å²) in [5.74, 6) is 1.52. The largest absolute Gasteiger partial charge is 0.493 e. The summed E-state index contributed by atoms with van der Waals surface area (Å²) in [4.78, 5) is 1.28. The monoisotopic (exact) mass is 341 g/mol. The number of anilines is 1. The van der Waals surface area contributed by atoms with Crippen molar-refractivity contribution in [2.75, 3.05) is 19.0 Å². The van der Waals surface area contributed by atoms with Gasteiger partial charge in [-0.2, -0.15) is 0 Å². The van der Waals surface area contributed by atoms with Crippen LogP contribution in [0.3, 0.4) is 0 Å². The molecule has 1 heterocycles. The Hall–Kier alpha value is -1.20. The van der Waals surface area contributed by atoms with E-state index in [1.807, 2.05) is 25.1 Å². The number of benzene rings is 1. The summed E-state index contributed by atoms with van der Waals surface area (Å²) in [7, 11) is 1.65. The van der Waals surface area contributed by atoms with E-state index in [-0.39, 0.29) is 0 Å². The van der Waals surface area contributed by atoms with Crippen molar-refractivity contribution in [3.8, 4) is 11.5 Å². The van der Waals surface area contributed by atoms with Crippen LogP contribution < -0.4 is 14.8 Å². The van der Waals surface area contributed by atoms with Gasteiger partial charge >= 0.3 is 0 Å². The second-order valence-electron chi connectivity index (χ2n) is 3.86. The van der Waals surface area contributed by atoms with Gasteiger partial charge in [-0.15, -0.1) is 11.3 Å². The van der Waals surface area contributed by atoms with Crippen LogP contribution in [0, 0.1) is 0 Å². The van der Waals surface area contributed by atoms with E-state index >= 15 is 0 Å².